The molecule has 0 spiro atoms. The van der Waals surface area contributed by atoms with E-state index in [4.69, 9.17) is 11.6 Å². The fourth-order valence-electron chi connectivity index (χ4n) is 1.88. The van der Waals surface area contributed by atoms with E-state index < -0.39 is 0 Å². The first-order valence-corrected chi connectivity index (χ1v) is 6.72. The normalized spacial score (nSPS) is 15.2. The van der Waals surface area contributed by atoms with Gasteiger partial charge in [0.1, 0.15) is 5.82 Å². The van der Waals surface area contributed by atoms with Gasteiger partial charge in [-0.15, -0.1) is 11.6 Å². The Balaban J connectivity index is 2.89. The first kappa shape index (κ1) is 14.0. The van der Waals surface area contributed by atoms with E-state index in [0.717, 1.165) is 10.0 Å². The van der Waals surface area contributed by atoms with E-state index in [1.165, 1.54) is 6.07 Å². The summed E-state index contributed by atoms with van der Waals surface area (Å²) in [6, 6.07) is 5.05. The highest BCUT2D eigenvalue weighted by atomic mass is 79.9. The fourth-order valence-corrected chi connectivity index (χ4v) is 2.67. The molecule has 0 amide bonds. The van der Waals surface area contributed by atoms with Gasteiger partial charge in [0, 0.05) is 9.85 Å². The zero-order chi connectivity index (χ0) is 12.3. The molecule has 0 radical (unpaired) electrons. The molecular formula is C13H17BrClF. The predicted octanol–water partition coefficient (Wildman–Crippen LogP) is 5.03. The summed E-state index contributed by atoms with van der Waals surface area (Å²) in [6.45, 7) is 6.22. The van der Waals surface area contributed by atoms with Crippen molar-refractivity contribution in [3.63, 3.8) is 0 Å². The molecule has 0 saturated carbocycles. The second kappa shape index (κ2) is 6.02. The van der Waals surface area contributed by atoms with E-state index >= 15 is 0 Å². The molecule has 2 atom stereocenters. The van der Waals surface area contributed by atoms with Gasteiger partial charge in [-0.1, -0.05) is 29.8 Å². The highest BCUT2D eigenvalue weighted by molar-refractivity contribution is 9.10. The van der Waals surface area contributed by atoms with Crippen molar-refractivity contribution in [2.45, 2.75) is 32.6 Å². The van der Waals surface area contributed by atoms with Crippen LogP contribution in [-0.2, 0) is 6.42 Å². The van der Waals surface area contributed by atoms with Crippen molar-refractivity contribution in [1.29, 1.82) is 0 Å². The molecule has 2 unspecified atom stereocenters. The van der Waals surface area contributed by atoms with Crippen LogP contribution >= 0.6 is 27.5 Å². The number of hydrogen-bond acceptors (Lipinski definition) is 0. The van der Waals surface area contributed by atoms with Gasteiger partial charge in [-0.3, -0.25) is 0 Å². The molecule has 3 heteroatoms. The predicted molar refractivity (Wildman–Crippen MR) is 71.4 cm³/mol. The molecule has 0 bridgehead atoms. The van der Waals surface area contributed by atoms with Crippen LogP contribution in [0.2, 0.25) is 0 Å². The van der Waals surface area contributed by atoms with Crippen molar-refractivity contribution >= 4 is 27.5 Å². The SMILES string of the molecule is CC(C)C(Cc1cc(Br)ccc1F)C(C)Cl. The van der Waals surface area contributed by atoms with E-state index in [-0.39, 0.29) is 11.2 Å². The molecule has 0 N–H and O–H groups in total. The molecule has 0 heterocycles. The lowest BCUT2D eigenvalue weighted by Gasteiger charge is -2.23. The van der Waals surface area contributed by atoms with Crippen molar-refractivity contribution in [3.8, 4) is 0 Å². The molecule has 0 aliphatic carbocycles. The summed E-state index contributed by atoms with van der Waals surface area (Å²) in [5.41, 5.74) is 0.737. The Morgan fingerprint density at radius 3 is 2.44 bits per heavy atom. The van der Waals surface area contributed by atoms with Crippen molar-refractivity contribution in [2.24, 2.45) is 11.8 Å². The lowest BCUT2D eigenvalue weighted by Crippen LogP contribution is -2.21. The molecule has 0 aliphatic rings. The Kier molecular flexibility index (Phi) is 5.26. The lowest BCUT2D eigenvalue weighted by molar-refractivity contribution is 0.371. The molecule has 0 aromatic heterocycles. The topological polar surface area (TPSA) is 0 Å². The molecule has 90 valence electrons. The van der Waals surface area contributed by atoms with E-state index in [1.54, 1.807) is 6.07 Å². The third-order valence-corrected chi connectivity index (χ3v) is 3.73. The minimum absolute atomic E-state index is 0.0541. The summed E-state index contributed by atoms with van der Waals surface area (Å²) < 4.78 is 14.5. The smallest absolute Gasteiger partial charge is 0.126 e. The number of hydrogen-bond donors (Lipinski definition) is 0. The minimum atomic E-state index is -0.147. The molecule has 0 nitrogen and oxygen atoms in total. The van der Waals surface area contributed by atoms with E-state index in [0.29, 0.717) is 18.3 Å². The second-order valence-corrected chi connectivity index (χ2v) is 6.13. The third-order valence-electron chi connectivity index (χ3n) is 2.91. The molecule has 16 heavy (non-hydrogen) atoms. The Morgan fingerprint density at radius 1 is 1.31 bits per heavy atom. The average molecular weight is 308 g/mol. The molecule has 1 aromatic rings. The summed E-state index contributed by atoms with van der Waals surface area (Å²) >= 11 is 9.51. The van der Waals surface area contributed by atoms with Crippen LogP contribution in [0.1, 0.15) is 26.3 Å². The summed E-state index contributed by atoms with van der Waals surface area (Å²) in [5.74, 6) is 0.600. The fraction of sp³-hybridized carbons (Fsp3) is 0.538. The van der Waals surface area contributed by atoms with Crippen LogP contribution in [0.25, 0.3) is 0 Å². The molecule has 0 fully saturated rings. The number of benzene rings is 1. The monoisotopic (exact) mass is 306 g/mol. The van der Waals surface area contributed by atoms with Crippen LogP contribution in [0.5, 0.6) is 0 Å². The Morgan fingerprint density at radius 2 is 1.94 bits per heavy atom. The van der Waals surface area contributed by atoms with Gasteiger partial charge in [0.05, 0.1) is 0 Å². The van der Waals surface area contributed by atoms with Crippen LogP contribution in [0, 0.1) is 17.7 Å². The first-order chi connectivity index (χ1) is 7.41. The largest absolute Gasteiger partial charge is 0.207 e. The van der Waals surface area contributed by atoms with Crippen molar-refractivity contribution < 1.29 is 4.39 Å². The molecule has 1 aromatic carbocycles. The van der Waals surface area contributed by atoms with Gasteiger partial charge in [0.15, 0.2) is 0 Å². The van der Waals surface area contributed by atoms with Gasteiger partial charge in [-0.05, 0) is 48.9 Å². The maximum absolute atomic E-state index is 13.6. The minimum Gasteiger partial charge on any atom is -0.207 e. The van der Waals surface area contributed by atoms with Crippen molar-refractivity contribution in [2.75, 3.05) is 0 Å². The lowest BCUT2D eigenvalue weighted by atomic mass is 9.87. The summed E-state index contributed by atoms with van der Waals surface area (Å²) in [4.78, 5) is 0. The Hall–Kier alpha value is -0.0800. The quantitative estimate of drug-likeness (QED) is 0.684. The van der Waals surface area contributed by atoms with Crippen molar-refractivity contribution in [3.05, 3.63) is 34.1 Å². The number of halogens is 3. The Bertz CT molecular complexity index is 342. The molecule has 1 rings (SSSR count). The van der Waals surface area contributed by atoms with Gasteiger partial charge in [-0.25, -0.2) is 4.39 Å². The van der Waals surface area contributed by atoms with Gasteiger partial charge in [-0.2, -0.15) is 0 Å². The van der Waals surface area contributed by atoms with Crippen molar-refractivity contribution in [1.82, 2.24) is 0 Å². The molecule has 0 saturated heterocycles. The van der Waals surface area contributed by atoms with E-state index in [9.17, 15) is 4.39 Å². The van der Waals surface area contributed by atoms with Crippen LogP contribution in [0.4, 0.5) is 4.39 Å². The average Bonchev–Trinajstić information content (AvgIpc) is 2.18. The maximum atomic E-state index is 13.6. The summed E-state index contributed by atoms with van der Waals surface area (Å²) in [6.07, 6.45) is 0.688. The second-order valence-electron chi connectivity index (χ2n) is 4.53. The van der Waals surface area contributed by atoms with Crippen LogP contribution in [0.3, 0.4) is 0 Å². The summed E-state index contributed by atoms with van der Waals surface area (Å²) in [7, 11) is 0. The van der Waals surface area contributed by atoms with Crippen LogP contribution in [0.15, 0.2) is 22.7 Å². The Labute approximate surface area is 110 Å². The highest BCUT2D eigenvalue weighted by Gasteiger charge is 2.20. The molecule has 0 aliphatic heterocycles. The van der Waals surface area contributed by atoms with Crippen LogP contribution in [-0.4, -0.2) is 5.38 Å². The molecular weight excluding hydrogens is 290 g/mol. The van der Waals surface area contributed by atoms with E-state index in [2.05, 4.69) is 29.8 Å². The highest BCUT2D eigenvalue weighted by Crippen LogP contribution is 2.26. The van der Waals surface area contributed by atoms with Gasteiger partial charge in [0.25, 0.3) is 0 Å². The zero-order valence-electron chi connectivity index (χ0n) is 9.81. The maximum Gasteiger partial charge on any atom is 0.126 e. The van der Waals surface area contributed by atoms with Gasteiger partial charge < -0.3 is 0 Å². The third kappa shape index (κ3) is 3.74. The van der Waals surface area contributed by atoms with E-state index in [1.807, 2.05) is 13.0 Å². The number of rotatable bonds is 4. The summed E-state index contributed by atoms with van der Waals surface area (Å²) in [5, 5.41) is 0.0541. The zero-order valence-corrected chi connectivity index (χ0v) is 12.1. The van der Waals surface area contributed by atoms with Gasteiger partial charge in [0.2, 0.25) is 0 Å². The van der Waals surface area contributed by atoms with Gasteiger partial charge >= 0.3 is 0 Å². The first-order valence-electron chi connectivity index (χ1n) is 5.49. The van der Waals surface area contributed by atoms with Crippen LogP contribution < -0.4 is 0 Å². The number of alkyl halides is 1. The standard InChI is InChI=1S/C13H17BrClF/c1-8(2)12(9(3)15)7-10-6-11(14)4-5-13(10)16/h4-6,8-9,12H,7H2,1-3H3.